The Balaban J connectivity index is 1.59. The van der Waals surface area contributed by atoms with E-state index in [9.17, 15) is 13.2 Å². The lowest BCUT2D eigenvalue weighted by Crippen LogP contribution is -2.34. The summed E-state index contributed by atoms with van der Waals surface area (Å²) in [5.41, 5.74) is 1.06. The van der Waals surface area contributed by atoms with Gasteiger partial charge in [0, 0.05) is 9.26 Å². The molecule has 3 rings (SSSR count). The van der Waals surface area contributed by atoms with Gasteiger partial charge >= 0.3 is 0 Å². The fraction of sp³-hybridized carbons (Fsp3) is 0.0526. The Morgan fingerprint density at radius 3 is 2.41 bits per heavy atom. The summed E-state index contributed by atoms with van der Waals surface area (Å²) in [7, 11) is -3.68. The second-order valence-corrected chi connectivity index (χ2v) is 9.15. The molecule has 0 bridgehead atoms. The van der Waals surface area contributed by atoms with Gasteiger partial charge in [0.15, 0.2) is 5.11 Å². The first kappa shape index (κ1) is 21.4. The highest BCUT2D eigenvalue weighted by Gasteiger charge is 2.15. The van der Waals surface area contributed by atoms with E-state index in [2.05, 4.69) is 37.9 Å². The molecule has 7 nitrogen and oxygen atoms in total. The van der Waals surface area contributed by atoms with Crippen molar-refractivity contribution in [2.45, 2.75) is 11.4 Å². The van der Waals surface area contributed by atoms with Gasteiger partial charge in [-0.15, -0.1) is 0 Å². The predicted octanol–water partition coefficient (Wildman–Crippen LogP) is 3.49. The van der Waals surface area contributed by atoms with E-state index in [1.807, 2.05) is 12.1 Å². The summed E-state index contributed by atoms with van der Waals surface area (Å²) >= 11 is 7.24. The summed E-state index contributed by atoms with van der Waals surface area (Å²) in [5, 5.41) is 5.58. The number of thiocarbonyl (C=S) groups is 1. The van der Waals surface area contributed by atoms with Gasteiger partial charge in [-0.2, -0.15) is 0 Å². The molecule has 0 saturated heterocycles. The first-order valence-electron chi connectivity index (χ1n) is 8.34. The zero-order chi connectivity index (χ0) is 20.9. The molecule has 0 aliphatic rings. The molecule has 0 unspecified atom stereocenters. The van der Waals surface area contributed by atoms with Gasteiger partial charge in [0.25, 0.3) is 5.91 Å². The lowest BCUT2D eigenvalue weighted by atomic mass is 10.2. The molecule has 0 saturated carbocycles. The van der Waals surface area contributed by atoms with Crippen LogP contribution in [-0.4, -0.2) is 19.4 Å². The minimum atomic E-state index is -3.68. The average Bonchev–Trinajstić information content (AvgIpc) is 3.21. The van der Waals surface area contributed by atoms with E-state index >= 15 is 0 Å². The number of rotatable bonds is 6. The van der Waals surface area contributed by atoms with Crippen LogP contribution in [0.15, 0.2) is 76.2 Å². The molecular weight excluding hydrogens is 525 g/mol. The first-order chi connectivity index (χ1) is 13.8. The Kier molecular flexibility index (Phi) is 7.00. The molecule has 1 heterocycles. The van der Waals surface area contributed by atoms with Gasteiger partial charge < -0.3 is 9.73 Å². The number of amides is 1. The second kappa shape index (κ2) is 9.48. The number of carbonyl (C=O) groups is 1. The van der Waals surface area contributed by atoms with E-state index in [0.29, 0.717) is 17.0 Å². The molecule has 2 aromatic carbocycles. The maximum atomic E-state index is 12.3. The van der Waals surface area contributed by atoms with Crippen LogP contribution < -0.4 is 15.4 Å². The summed E-state index contributed by atoms with van der Waals surface area (Å²) in [6.07, 6.45) is 1.48. The molecule has 0 radical (unpaired) electrons. The molecule has 0 aliphatic carbocycles. The first-order valence-corrected chi connectivity index (χ1v) is 11.3. The maximum absolute atomic E-state index is 12.3. The van der Waals surface area contributed by atoms with Crippen LogP contribution in [-0.2, 0) is 16.6 Å². The number of hydrogen-bond acceptors (Lipinski definition) is 5. The molecule has 1 aromatic heterocycles. The molecule has 0 fully saturated rings. The van der Waals surface area contributed by atoms with Crippen molar-refractivity contribution in [3.8, 4) is 0 Å². The molecule has 3 N–H and O–H groups in total. The van der Waals surface area contributed by atoms with Gasteiger partial charge in [-0.3, -0.25) is 10.1 Å². The van der Waals surface area contributed by atoms with Crippen molar-refractivity contribution < 1.29 is 17.6 Å². The standard InChI is InChI=1S/C19H16IN3O4S2/c20-17-6-2-1-5-16(17)18(24)23-19(28)22-13-7-9-15(10-8-13)29(25,26)21-12-14-4-3-11-27-14/h1-11,21H,12H2,(H2,22,23,24,28). The van der Waals surface area contributed by atoms with E-state index < -0.39 is 10.0 Å². The van der Waals surface area contributed by atoms with Crippen molar-refractivity contribution in [3.05, 3.63) is 81.8 Å². The maximum Gasteiger partial charge on any atom is 0.258 e. The number of halogens is 1. The minimum absolute atomic E-state index is 0.0593. The molecule has 10 heteroatoms. The molecule has 150 valence electrons. The van der Waals surface area contributed by atoms with Crippen LogP contribution >= 0.6 is 34.8 Å². The smallest absolute Gasteiger partial charge is 0.258 e. The lowest BCUT2D eigenvalue weighted by Gasteiger charge is -2.11. The Morgan fingerprint density at radius 2 is 1.76 bits per heavy atom. The highest BCUT2D eigenvalue weighted by atomic mass is 127. The third kappa shape index (κ3) is 5.85. The topological polar surface area (TPSA) is 100 Å². The zero-order valence-electron chi connectivity index (χ0n) is 14.9. The molecule has 1 amide bonds. The lowest BCUT2D eigenvalue weighted by molar-refractivity contribution is 0.0977. The highest BCUT2D eigenvalue weighted by Crippen LogP contribution is 2.15. The summed E-state index contributed by atoms with van der Waals surface area (Å²) in [5.74, 6) is 0.190. The van der Waals surface area contributed by atoms with Crippen molar-refractivity contribution in [1.82, 2.24) is 10.0 Å². The molecule has 29 heavy (non-hydrogen) atoms. The van der Waals surface area contributed by atoms with Crippen LogP contribution in [0, 0.1) is 3.57 Å². The van der Waals surface area contributed by atoms with Crippen molar-refractivity contribution in [2.75, 3.05) is 5.32 Å². The van der Waals surface area contributed by atoms with Crippen molar-refractivity contribution >= 4 is 61.5 Å². The fourth-order valence-electron chi connectivity index (χ4n) is 2.36. The normalized spacial score (nSPS) is 11.1. The number of sulfonamides is 1. The minimum Gasteiger partial charge on any atom is -0.468 e. The second-order valence-electron chi connectivity index (χ2n) is 5.82. The summed E-state index contributed by atoms with van der Waals surface area (Å²) in [6.45, 7) is 0.0593. The molecule has 0 aliphatic heterocycles. The number of carbonyl (C=O) groups excluding carboxylic acids is 1. The summed E-state index contributed by atoms with van der Waals surface area (Å²) in [4.78, 5) is 12.4. The number of furan rings is 1. The third-order valence-corrected chi connectivity index (χ3v) is 6.35. The van der Waals surface area contributed by atoms with Crippen molar-refractivity contribution in [2.24, 2.45) is 0 Å². The van der Waals surface area contributed by atoms with Gasteiger partial charge in [0.2, 0.25) is 10.0 Å². The Morgan fingerprint density at radius 1 is 1.03 bits per heavy atom. The van der Waals surface area contributed by atoms with Crippen LogP contribution in [0.25, 0.3) is 0 Å². The number of anilines is 1. The predicted molar refractivity (Wildman–Crippen MR) is 122 cm³/mol. The van der Waals surface area contributed by atoms with Crippen LogP contribution in [0.5, 0.6) is 0 Å². The summed E-state index contributed by atoms with van der Waals surface area (Å²) < 4.78 is 33.1. The van der Waals surface area contributed by atoms with Crippen molar-refractivity contribution in [3.63, 3.8) is 0 Å². The van der Waals surface area contributed by atoms with E-state index in [-0.39, 0.29) is 22.5 Å². The van der Waals surface area contributed by atoms with Gasteiger partial charge in [0.05, 0.1) is 23.3 Å². The zero-order valence-corrected chi connectivity index (χ0v) is 18.7. The average molecular weight is 541 g/mol. The monoisotopic (exact) mass is 541 g/mol. The number of nitrogens with one attached hydrogen (secondary N) is 3. The Labute approximate surface area is 187 Å². The van der Waals surface area contributed by atoms with Crippen LogP contribution in [0.2, 0.25) is 0 Å². The Hall–Kier alpha value is -2.28. The quantitative estimate of drug-likeness (QED) is 0.327. The highest BCUT2D eigenvalue weighted by molar-refractivity contribution is 14.1. The number of hydrogen-bond donors (Lipinski definition) is 3. The molecule has 3 aromatic rings. The Bertz CT molecular complexity index is 1110. The largest absolute Gasteiger partial charge is 0.468 e. The van der Waals surface area contributed by atoms with E-state index in [1.54, 1.807) is 36.4 Å². The summed E-state index contributed by atoms with van der Waals surface area (Å²) in [6, 6.07) is 16.5. The molecule has 0 atom stereocenters. The van der Waals surface area contributed by atoms with Crippen LogP contribution in [0.3, 0.4) is 0 Å². The van der Waals surface area contributed by atoms with E-state index in [1.165, 1.54) is 18.4 Å². The van der Waals surface area contributed by atoms with Gasteiger partial charge in [-0.25, -0.2) is 13.1 Å². The van der Waals surface area contributed by atoms with Gasteiger partial charge in [-0.05, 0) is 83.3 Å². The fourth-order valence-corrected chi connectivity index (χ4v) is 4.19. The SMILES string of the molecule is O=C(NC(=S)Nc1ccc(S(=O)(=O)NCc2ccco2)cc1)c1ccccc1I. The van der Waals surface area contributed by atoms with Crippen molar-refractivity contribution in [1.29, 1.82) is 0 Å². The van der Waals surface area contributed by atoms with Crippen LogP contribution in [0.1, 0.15) is 16.1 Å². The van der Waals surface area contributed by atoms with E-state index in [0.717, 1.165) is 3.57 Å². The van der Waals surface area contributed by atoms with Gasteiger partial charge in [-0.1, -0.05) is 12.1 Å². The molecule has 0 spiro atoms. The number of benzene rings is 2. The third-order valence-electron chi connectivity index (χ3n) is 3.78. The van der Waals surface area contributed by atoms with E-state index in [4.69, 9.17) is 16.6 Å². The molecular formula is C19H16IN3O4S2. The van der Waals surface area contributed by atoms with Crippen LogP contribution in [0.4, 0.5) is 5.69 Å². The van der Waals surface area contributed by atoms with Gasteiger partial charge in [0.1, 0.15) is 5.76 Å².